The monoisotopic (exact) mass is 285 g/mol. The molecule has 1 aliphatic heterocycles. The van der Waals surface area contributed by atoms with Gasteiger partial charge in [0, 0.05) is 26.2 Å². The summed E-state index contributed by atoms with van der Waals surface area (Å²) in [5.41, 5.74) is 0. The van der Waals surface area contributed by atoms with Crippen LogP contribution in [0.15, 0.2) is 0 Å². The van der Waals surface area contributed by atoms with Gasteiger partial charge in [-0.15, -0.1) is 0 Å². The molecule has 120 valence electrons. The van der Waals surface area contributed by atoms with Gasteiger partial charge in [0.2, 0.25) is 0 Å². The quantitative estimate of drug-likeness (QED) is 0.695. The van der Waals surface area contributed by atoms with E-state index in [9.17, 15) is 0 Å². The van der Waals surface area contributed by atoms with Crippen molar-refractivity contribution in [2.24, 2.45) is 11.8 Å². The minimum Gasteiger partial charge on any atom is -0.383 e. The molecule has 1 atom stereocenters. The van der Waals surface area contributed by atoms with E-state index in [1.165, 1.54) is 32.5 Å². The molecule has 1 fully saturated rings. The van der Waals surface area contributed by atoms with Gasteiger partial charge in [0.1, 0.15) is 0 Å². The first-order chi connectivity index (χ1) is 9.52. The number of likely N-dealkylation sites (tertiary alicyclic amines) is 1. The van der Waals surface area contributed by atoms with E-state index in [1.807, 2.05) is 0 Å². The zero-order valence-corrected chi connectivity index (χ0v) is 14.2. The summed E-state index contributed by atoms with van der Waals surface area (Å²) in [6.45, 7) is 11.1. The third kappa shape index (κ3) is 7.02. The van der Waals surface area contributed by atoms with Gasteiger partial charge in [-0.25, -0.2) is 0 Å². The van der Waals surface area contributed by atoms with E-state index in [0.29, 0.717) is 12.0 Å². The number of nitrogens with zero attached hydrogens (tertiary/aromatic N) is 2. The molecule has 1 unspecified atom stereocenters. The van der Waals surface area contributed by atoms with Gasteiger partial charge in [0.15, 0.2) is 0 Å². The molecule has 0 amide bonds. The Kier molecular flexibility index (Phi) is 8.69. The van der Waals surface area contributed by atoms with Gasteiger partial charge < -0.3 is 15.0 Å². The lowest BCUT2D eigenvalue weighted by atomic mass is 9.96. The number of nitrogens with one attached hydrogen (secondary N) is 1. The van der Waals surface area contributed by atoms with E-state index in [1.54, 1.807) is 7.11 Å². The Morgan fingerprint density at radius 3 is 2.45 bits per heavy atom. The fraction of sp³-hybridized carbons (Fsp3) is 1.00. The van der Waals surface area contributed by atoms with Crippen molar-refractivity contribution in [2.75, 3.05) is 60.5 Å². The summed E-state index contributed by atoms with van der Waals surface area (Å²) < 4.78 is 5.40. The average Bonchev–Trinajstić information content (AvgIpc) is 2.40. The maximum absolute atomic E-state index is 5.40. The molecule has 0 bridgehead atoms. The molecule has 0 aromatic carbocycles. The van der Waals surface area contributed by atoms with Crippen LogP contribution in [-0.4, -0.2) is 76.4 Å². The molecule has 4 heteroatoms. The number of hydrogen-bond donors (Lipinski definition) is 1. The molecule has 1 aliphatic rings. The second kappa shape index (κ2) is 9.72. The fourth-order valence-corrected chi connectivity index (χ4v) is 2.87. The third-order valence-electron chi connectivity index (χ3n) is 4.30. The molecular weight excluding hydrogens is 250 g/mol. The Balaban J connectivity index is 2.32. The number of hydrogen-bond acceptors (Lipinski definition) is 4. The summed E-state index contributed by atoms with van der Waals surface area (Å²) in [6, 6.07) is 0.485. The van der Waals surface area contributed by atoms with Crippen LogP contribution < -0.4 is 5.32 Å². The lowest BCUT2D eigenvalue weighted by Gasteiger charge is -2.35. The van der Waals surface area contributed by atoms with Crippen molar-refractivity contribution >= 4 is 0 Å². The molecule has 0 radical (unpaired) electrons. The summed E-state index contributed by atoms with van der Waals surface area (Å²) in [4.78, 5) is 4.93. The Morgan fingerprint density at radius 2 is 1.90 bits per heavy atom. The molecule has 1 heterocycles. The average molecular weight is 285 g/mol. The van der Waals surface area contributed by atoms with Crippen molar-refractivity contribution < 1.29 is 4.74 Å². The second-order valence-corrected chi connectivity index (χ2v) is 6.85. The lowest BCUT2D eigenvalue weighted by Crippen LogP contribution is -2.46. The van der Waals surface area contributed by atoms with Crippen LogP contribution in [-0.2, 0) is 4.74 Å². The van der Waals surface area contributed by atoms with Crippen molar-refractivity contribution in [1.29, 1.82) is 0 Å². The number of piperidine rings is 1. The van der Waals surface area contributed by atoms with E-state index < -0.39 is 0 Å². The molecule has 0 aliphatic carbocycles. The van der Waals surface area contributed by atoms with Crippen LogP contribution in [0.3, 0.4) is 0 Å². The highest BCUT2D eigenvalue weighted by Gasteiger charge is 2.22. The number of likely N-dealkylation sites (N-methyl/N-ethyl adjacent to an activating group) is 1. The Morgan fingerprint density at radius 1 is 1.25 bits per heavy atom. The van der Waals surface area contributed by atoms with Crippen LogP contribution in [0.5, 0.6) is 0 Å². The molecule has 1 rings (SSSR count). The standard InChI is InChI=1S/C16H35N3O/c1-14(2)10-17-11-16(13-20-5)19(4)12-15-6-8-18(3)9-7-15/h14-17H,6-13H2,1-5H3. The highest BCUT2D eigenvalue weighted by molar-refractivity contribution is 4.77. The Hall–Kier alpha value is -0.160. The topological polar surface area (TPSA) is 27.7 Å². The third-order valence-corrected chi connectivity index (χ3v) is 4.30. The van der Waals surface area contributed by atoms with Crippen LogP contribution >= 0.6 is 0 Å². The predicted octanol–water partition coefficient (Wildman–Crippen LogP) is 1.52. The van der Waals surface area contributed by atoms with Gasteiger partial charge in [-0.1, -0.05) is 13.8 Å². The van der Waals surface area contributed by atoms with Gasteiger partial charge in [-0.3, -0.25) is 4.90 Å². The van der Waals surface area contributed by atoms with Crippen LogP contribution in [0, 0.1) is 11.8 Å². The SMILES string of the molecule is COCC(CNCC(C)C)N(C)CC1CCN(C)CC1. The summed E-state index contributed by atoms with van der Waals surface area (Å²) in [7, 11) is 6.28. The summed E-state index contributed by atoms with van der Waals surface area (Å²) >= 11 is 0. The first-order valence-electron chi connectivity index (χ1n) is 8.11. The normalized spacial score (nSPS) is 19.9. The molecular formula is C16H35N3O. The van der Waals surface area contributed by atoms with Crippen LogP contribution in [0.25, 0.3) is 0 Å². The highest BCUT2D eigenvalue weighted by atomic mass is 16.5. The number of rotatable bonds is 9. The zero-order valence-electron chi connectivity index (χ0n) is 14.2. The maximum Gasteiger partial charge on any atom is 0.0630 e. The van der Waals surface area contributed by atoms with Crippen molar-refractivity contribution in [2.45, 2.75) is 32.7 Å². The van der Waals surface area contributed by atoms with E-state index in [0.717, 1.165) is 25.6 Å². The first-order valence-corrected chi connectivity index (χ1v) is 8.11. The molecule has 0 spiro atoms. The molecule has 0 aromatic heterocycles. The molecule has 20 heavy (non-hydrogen) atoms. The molecule has 0 aromatic rings. The van der Waals surface area contributed by atoms with Crippen LogP contribution in [0.2, 0.25) is 0 Å². The minimum atomic E-state index is 0.485. The molecule has 1 saturated heterocycles. The van der Waals surface area contributed by atoms with E-state index in [4.69, 9.17) is 4.74 Å². The number of ether oxygens (including phenoxy) is 1. The smallest absolute Gasteiger partial charge is 0.0630 e. The highest BCUT2D eigenvalue weighted by Crippen LogP contribution is 2.17. The number of methoxy groups -OCH3 is 1. The summed E-state index contributed by atoms with van der Waals surface area (Å²) in [6.07, 6.45) is 2.67. The Labute approximate surface area is 125 Å². The van der Waals surface area contributed by atoms with Gasteiger partial charge in [0.05, 0.1) is 6.61 Å². The minimum absolute atomic E-state index is 0.485. The van der Waals surface area contributed by atoms with Crippen molar-refractivity contribution in [1.82, 2.24) is 15.1 Å². The largest absolute Gasteiger partial charge is 0.383 e. The van der Waals surface area contributed by atoms with E-state index >= 15 is 0 Å². The van der Waals surface area contributed by atoms with E-state index in [-0.39, 0.29) is 0 Å². The predicted molar refractivity (Wildman–Crippen MR) is 86.2 cm³/mol. The van der Waals surface area contributed by atoms with Gasteiger partial charge >= 0.3 is 0 Å². The summed E-state index contributed by atoms with van der Waals surface area (Å²) in [5, 5.41) is 3.57. The molecule has 4 nitrogen and oxygen atoms in total. The first kappa shape index (κ1) is 17.9. The van der Waals surface area contributed by atoms with Gasteiger partial charge in [0.25, 0.3) is 0 Å². The maximum atomic E-state index is 5.40. The van der Waals surface area contributed by atoms with Gasteiger partial charge in [-0.2, -0.15) is 0 Å². The summed E-state index contributed by atoms with van der Waals surface area (Å²) in [5.74, 6) is 1.55. The fourth-order valence-electron chi connectivity index (χ4n) is 2.87. The second-order valence-electron chi connectivity index (χ2n) is 6.85. The van der Waals surface area contributed by atoms with Crippen LogP contribution in [0.1, 0.15) is 26.7 Å². The molecule has 1 N–H and O–H groups in total. The van der Waals surface area contributed by atoms with Crippen LogP contribution in [0.4, 0.5) is 0 Å². The molecule has 0 saturated carbocycles. The van der Waals surface area contributed by atoms with Crippen molar-refractivity contribution in [3.8, 4) is 0 Å². The van der Waals surface area contributed by atoms with Crippen molar-refractivity contribution in [3.05, 3.63) is 0 Å². The van der Waals surface area contributed by atoms with E-state index in [2.05, 4.69) is 43.1 Å². The van der Waals surface area contributed by atoms with Gasteiger partial charge in [-0.05, 0) is 58.4 Å². The Bertz CT molecular complexity index is 240. The lowest BCUT2D eigenvalue weighted by molar-refractivity contribution is 0.0841. The zero-order chi connectivity index (χ0) is 15.0. The van der Waals surface area contributed by atoms with Crippen molar-refractivity contribution in [3.63, 3.8) is 0 Å².